The minimum atomic E-state index is -1.20. The third-order valence-corrected chi connectivity index (χ3v) is 7.96. The summed E-state index contributed by atoms with van der Waals surface area (Å²) < 4.78 is 16.7. The molecule has 0 unspecified atom stereocenters. The third-order valence-electron chi connectivity index (χ3n) is 7.96. The lowest BCUT2D eigenvalue weighted by atomic mass is 9.69. The molecule has 0 aromatic heterocycles. The molecule has 6 atom stereocenters. The van der Waals surface area contributed by atoms with E-state index >= 15 is 0 Å². The molecule has 8 nitrogen and oxygen atoms in total. The number of nitrogens with zero attached hydrogens (tertiary/aromatic N) is 1. The Morgan fingerprint density at radius 2 is 1.88 bits per heavy atom. The molecule has 0 radical (unpaired) electrons. The Kier molecular flexibility index (Phi) is 4.61. The molecular formula is C26H25NO7. The molecule has 4 aliphatic rings. The molecule has 176 valence electrons. The van der Waals surface area contributed by atoms with E-state index in [0.717, 1.165) is 29.2 Å². The van der Waals surface area contributed by atoms with Gasteiger partial charge in [-0.1, -0.05) is 36.4 Å². The molecular weight excluding hydrogens is 438 g/mol. The van der Waals surface area contributed by atoms with Crippen molar-refractivity contribution in [3.63, 3.8) is 0 Å². The molecule has 1 aliphatic carbocycles. The quantitative estimate of drug-likeness (QED) is 0.505. The lowest BCUT2D eigenvalue weighted by Crippen LogP contribution is -2.58. The number of Topliss-reactive ketones (excluding diaryl/α,β-unsaturated/α-hetero) is 1. The Morgan fingerprint density at radius 1 is 1.12 bits per heavy atom. The number of ether oxygens (including phenoxy) is 3. The molecule has 1 spiro atoms. The summed E-state index contributed by atoms with van der Waals surface area (Å²) in [6.45, 7) is 3.03. The minimum absolute atomic E-state index is 0.101. The first kappa shape index (κ1) is 21.3. The highest BCUT2D eigenvalue weighted by molar-refractivity contribution is 6.21. The van der Waals surface area contributed by atoms with Crippen LogP contribution in [0.4, 0.5) is 0 Å². The Morgan fingerprint density at radius 3 is 2.62 bits per heavy atom. The van der Waals surface area contributed by atoms with E-state index in [9.17, 15) is 19.2 Å². The van der Waals surface area contributed by atoms with E-state index in [1.165, 1.54) is 13.8 Å². The normalized spacial score (nSPS) is 33.6. The van der Waals surface area contributed by atoms with Crippen LogP contribution >= 0.6 is 0 Å². The second kappa shape index (κ2) is 7.37. The number of ketones is 1. The van der Waals surface area contributed by atoms with Crippen LogP contribution in [0.3, 0.4) is 0 Å². The molecule has 2 aromatic carbocycles. The minimum Gasteiger partial charge on any atom is -0.462 e. The van der Waals surface area contributed by atoms with Crippen LogP contribution in [0.1, 0.15) is 42.6 Å². The molecule has 3 aliphatic heterocycles. The van der Waals surface area contributed by atoms with Crippen molar-refractivity contribution < 1.29 is 33.4 Å². The topological polar surface area (TPSA) is 99.2 Å². The van der Waals surface area contributed by atoms with E-state index in [0.29, 0.717) is 12.1 Å². The number of carbonyl (C=O) groups excluding carboxylic acids is 4. The van der Waals surface area contributed by atoms with Gasteiger partial charge in [0.15, 0.2) is 11.9 Å². The van der Waals surface area contributed by atoms with Crippen molar-refractivity contribution in [3.05, 3.63) is 47.5 Å². The molecule has 2 aromatic rings. The molecule has 6 rings (SSSR count). The summed E-state index contributed by atoms with van der Waals surface area (Å²) in [4.78, 5) is 53.7. The van der Waals surface area contributed by atoms with Gasteiger partial charge in [-0.05, 0) is 35.7 Å². The third kappa shape index (κ3) is 2.63. The number of benzene rings is 2. The van der Waals surface area contributed by atoms with Gasteiger partial charge < -0.3 is 14.2 Å². The van der Waals surface area contributed by atoms with Crippen LogP contribution in [0.5, 0.6) is 0 Å². The first-order valence-corrected chi connectivity index (χ1v) is 11.7. The van der Waals surface area contributed by atoms with Gasteiger partial charge in [0.05, 0.1) is 5.92 Å². The number of cyclic esters (lactones) is 1. The summed E-state index contributed by atoms with van der Waals surface area (Å²) in [6, 6.07) is 11.3. The summed E-state index contributed by atoms with van der Waals surface area (Å²) in [5.41, 5.74) is 0.233. The fourth-order valence-electron chi connectivity index (χ4n) is 7.03. The number of hydrogen-bond donors (Lipinski definition) is 0. The van der Waals surface area contributed by atoms with Crippen molar-refractivity contribution in [1.82, 2.24) is 4.90 Å². The van der Waals surface area contributed by atoms with Gasteiger partial charge in [-0.2, -0.15) is 0 Å². The van der Waals surface area contributed by atoms with Crippen molar-refractivity contribution in [2.24, 2.45) is 11.8 Å². The second-order valence-corrected chi connectivity index (χ2v) is 9.61. The lowest BCUT2D eigenvalue weighted by Gasteiger charge is -2.42. The predicted octanol–water partition coefficient (Wildman–Crippen LogP) is 2.36. The Bertz CT molecular complexity index is 1250. The van der Waals surface area contributed by atoms with Gasteiger partial charge in [-0.3, -0.25) is 24.1 Å². The van der Waals surface area contributed by atoms with Crippen LogP contribution in [-0.4, -0.2) is 60.0 Å². The van der Waals surface area contributed by atoms with Crippen LogP contribution in [0.25, 0.3) is 10.8 Å². The van der Waals surface area contributed by atoms with Crippen LogP contribution in [0.15, 0.2) is 36.4 Å². The van der Waals surface area contributed by atoms with E-state index in [-0.39, 0.29) is 18.4 Å². The maximum atomic E-state index is 14.2. The van der Waals surface area contributed by atoms with Gasteiger partial charge in [-0.15, -0.1) is 0 Å². The highest BCUT2D eigenvalue weighted by Gasteiger charge is 2.73. The summed E-state index contributed by atoms with van der Waals surface area (Å²) in [6.07, 6.45) is -0.103. The zero-order valence-corrected chi connectivity index (χ0v) is 19.0. The predicted molar refractivity (Wildman–Crippen MR) is 119 cm³/mol. The van der Waals surface area contributed by atoms with Crippen molar-refractivity contribution in [2.45, 2.75) is 50.5 Å². The number of rotatable bonds is 3. The van der Waals surface area contributed by atoms with Crippen molar-refractivity contribution in [3.8, 4) is 0 Å². The smallest absolute Gasteiger partial charge is 0.312 e. The zero-order chi connectivity index (χ0) is 23.8. The van der Waals surface area contributed by atoms with Crippen LogP contribution in [0.2, 0.25) is 0 Å². The van der Waals surface area contributed by atoms with Crippen LogP contribution in [-0.2, 0) is 34.1 Å². The second-order valence-electron chi connectivity index (χ2n) is 9.61. The molecule has 0 amide bonds. The summed E-state index contributed by atoms with van der Waals surface area (Å²) in [7, 11) is 0. The average Bonchev–Trinajstić information content (AvgIpc) is 3.45. The fraction of sp³-hybridized carbons (Fsp3) is 0.462. The number of hydrogen-bond acceptors (Lipinski definition) is 8. The van der Waals surface area contributed by atoms with E-state index in [1.54, 1.807) is 0 Å². The molecule has 0 saturated carbocycles. The summed E-state index contributed by atoms with van der Waals surface area (Å²) in [5, 5.41) is 1.83. The van der Waals surface area contributed by atoms with E-state index in [2.05, 4.69) is 4.90 Å². The molecule has 3 saturated heterocycles. The first-order valence-electron chi connectivity index (χ1n) is 11.7. The van der Waals surface area contributed by atoms with Gasteiger partial charge in [0.1, 0.15) is 18.2 Å². The maximum absolute atomic E-state index is 14.2. The van der Waals surface area contributed by atoms with Gasteiger partial charge in [0.25, 0.3) is 0 Å². The maximum Gasteiger partial charge on any atom is 0.312 e. The Hall–Kier alpha value is -3.26. The van der Waals surface area contributed by atoms with Gasteiger partial charge >= 0.3 is 17.9 Å². The van der Waals surface area contributed by atoms with Crippen molar-refractivity contribution >= 4 is 34.5 Å². The highest BCUT2D eigenvalue weighted by atomic mass is 16.6. The molecule has 3 heterocycles. The SMILES string of the molecule is CC(=O)OC[C@H]1OC(=O)[C@H]2[C@@H]([C@@H]1OC(C)=O)[C@@H]1CCCN1[C@@]21C(=O)c2cccc3cccc1c23. The number of esters is 3. The van der Waals surface area contributed by atoms with Crippen molar-refractivity contribution in [1.29, 1.82) is 0 Å². The first-order chi connectivity index (χ1) is 16.4. The molecule has 8 heteroatoms. The van der Waals surface area contributed by atoms with Gasteiger partial charge in [0.2, 0.25) is 0 Å². The standard InChI is InChI=1S/C26H25NO7/c1-13(28)32-12-19-23(33-14(2)29)21-18-10-5-11-27(18)26(22(21)25(31)34-19)17-9-4-7-15-6-3-8-16(20(15)17)24(26)30/h3-4,6-9,18-19,21-23H,5,10-12H2,1-2H3/t18-,19+,21-,22+,23+,26+/m0/s1. The average molecular weight is 463 g/mol. The Labute approximate surface area is 196 Å². The van der Waals surface area contributed by atoms with Gasteiger partial charge in [-0.25, -0.2) is 0 Å². The monoisotopic (exact) mass is 463 g/mol. The van der Waals surface area contributed by atoms with Gasteiger partial charge in [0, 0.05) is 31.4 Å². The van der Waals surface area contributed by atoms with E-state index in [4.69, 9.17) is 14.2 Å². The molecule has 3 fully saturated rings. The number of carbonyl (C=O) groups is 4. The van der Waals surface area contributed by atoms with Crippen LogP contribution in [0, 0.1) is 11.8 Å². The van der Waals surface area contributed by atoms with E-state index < -0.39 is 47.5 Å². The van der Waals surface area contributed by atoms with E-state index in [1.807, 2.05) is 36.4 Å². The zero-order valence-electron chi connectivity index (χ0n) is 19.0. The summed E-state index contributed by atoms with van der Waals surface area (Å²) >= 11 is 0. The molecule has 34 heavy (non-hydrogen) atoms. The van der Waals surface area contributed by atoms with Crippen molar-refractivity contribution in [2.75, 3.05) is 13.2 Å². The molecule has 0 N–H and O–H groups in total. The summed E-state index contributed by atoms with van der Waals surface area (Å²) in [5.74, 6) is -2.93. The molecule has 0 bridgehead atoms. The number of fused-ring (bicyclic) bond motifs is 6. The lowest BCUT2D eigenvalue weighted by molar-refractivity contribution is -0.200. The fourth-order valence-corrected chi connectivity index (χ4v) is 7.03. The Balaban J connectivity index is 1.54. The highest BCUT2D eigenvalue weighted by Crippen LogP contribution is 2.61. The van der Waals surface area contributed by atoms with Crippen LogP contribution < -0.4 is 0 Å². The largest absolute Gasteiger partial charge is 0.462 e.